The Hall–Kier alpha value is -2.30. The third-order valence-corrected chi connectivity index (χ3v) is 4.34. The number of carbonyl (C=O) groups excluding carboxylic acids is 1. The highest BCUT2D eigenvalue weighted by Crippen LogP contribution is 2.46. The second-order valence-corrected chi connectivity index (χ2v) is 5.43. The lowest BCUT2D eigenvalue weighted by Gasteiger charge is -2.34. The fraction of sp³-hybridized carbons (Fsp3) is 0.571. The second-order valence-electron chi connectivity index (χ2n) is 5.43. The summed E-state index contributed by atoms with van der Waals surface area (Å²) in [5.74, 6) is 0.105. The van der Waals surface area contributed by atoms with Crippen molar-refractivity contribution < 1.29 is 19.7 Å². The molecule has 2 fully saturated rings. The number of hydrogen-bond acceptors (Lipinski definition) is 8. The van der Waals surface area contributed by atoms with Crippen LogP contribution in [0.4, 0.5) is 5.82 Å². The number of carbonyl (C=O) groups is 1. The van der Waals surface area contributed by atoms with E-state index in [1.807, 2.05) is 0 Å². The first-order valence-corrected chi connectivity index (χ1v) is 7.01. The number of rotatable bonds is 2. The van der Waals surface area contributed by atoms with Crippen LogP contribution >= 0.6 is 0 Å². The van der Waals surface area contributed by atoms with E-state index in [0.29, 0.717) is 23.4 Å². The molecule has 24 heavy (non-hydrogen) atoms. The monoisotopic (exact) mass is 338 g/mol. The van der Waals surface area contributed by atoms with Crippen molar-refractivity contribution in [3.8, 4) is 0 Å². The Morgan fingerprint density at radius 2 is 2.12 bits per heavy atom. The van der Waals surface area contributed by atoms with E-state index in [2.05, 4.69) is 15.0 Å². The summed E-state index contributed by atoms with van der Waals surface area (Å²) in [6, 6.07) is -0.168. The van der Waals surface area contributed by atoms with Gasteiger partial charge in [0.15, 0.2) is 23.3 Å². The molecule has 0 radical (unpaired) electrons. The Kier molecular flexibility index (Phi) is 4.74. The van der Waals surface area contributed by atoms with Crippen LogP contribution in [0.2, 0.25) is 0 Å². The Balaban J connectivity index is 0.000000670. The van der Waals surface area contributed by atoms with Gasteiger partial charge in [0.1, 0.15) is 11.8 Å². The van der Waals surface area contributed by atoms with Crippen LogP contribution in [0.3, 0.4) is 0 Å². The number of morpholine rings is 1. The quantitative estimate of drug-likeness (QED) is 0.643. The van der Waals surface area contributed by atoms with Crippen molar-refractivity contribution in [2.24, 2.45) is 0 Å². The highest BCUT2D eigenvalue weighted by atomic mass is 16.6. The van der Waals surface area contributed by atoms with Crippen LogP contribution in [0.1, 0.15) is 20.1 Å². The van der Waals surface area contributed by atoms with E-state index in [-0.39, 0.29) is 26.0 Å². The van der Waals surface area contributed by atoms with Gasteiger partial charge >= 0.3 is 0 Å². The molecule has 2 aromatic heterocycles. The van der Waals surface area contributed by atoms with Crippen molar-refractivity contribution in [3.05, 3.63) is 12.7 Å². The van der Waals surface area contributed by atoms with E-state index >= 15 is 0 Å². The molecule has 2 saturated heterocycles. The van der Waals surface area contributed by atoms with Gasteiger partial charge in [-0.3, -0.25) is 9.36 Å². The van der Waals surface area contributed by atoms with Crippen molar-refractivity contribution in [3.63, 3.8) is 0 Å². The van der Waals surface area contributed by atoms with Crippen molar-refractivity contribution in [1.82, 2.24) is 24.4 Å². The molecule has 4 rings (SSSR count). The normalized spacial score (nSPS) is 27.8. The Morgan fingerprint density at radius 1 is 1.42 bits per heavy atom. The zero-order valence-electron chi connectivity index (χ0n) is 12.7. The molecule has 10 heteroatoms. The fourth-order valence-corrected chi connectivity index (χ4v) is 3.20. The minimum absolute atomic E-state index is 0. The first kappa shape index (κ1) is 18.0. The highest BCUT2D eigenvalue weighted by molar-refractivity contribution is 5.89. The molecule has 4 N–H and O–H groups in total. The molecule has 0 aromatic carbocycles. The minimum atomic E-state index is -1.15. The molecule has 3 atom stereocenters. The average molecular weight is 338 g/mol. The van der Waals surface area contributed by atoms with Crippen molar-refractivity contribution >= 4 is 22.9 Å². The van der Waals surface area contributed by atoms with Gasteiger partial charge in [0.05, 0.1) is 19.0 Å². The molecule has 10 nitrogen and oxygen atoms in total. The molecule has 0 spiro atoms. The van der Waals surface area contributed by atoms with Crippen LogP contribution in [-0.4, -0.2) is 72.9 Å². The summed E-state index contributed by atoms with van der Waals surface area (Å²) < 4.78 is 7.59. The predicted molar refractivity (Wildman–Crippen MR) is 85.7 cm³/mol. The van der Waals surface area contributed by atoms with Crippen LogP contribution < -0.4 is 5.73 Å². The summed E-state index contributed by atoms with van der Waals surface area (Å²) in [4.78, 5) is 26.0. The first-order valence-electron chi connectivity index (χ1n) is 7.01. The Morgan fingerprint density at radius 3 is 2.75 bits per heavy atom. The number of nitrogens with two attached hydrogens (primary N) is 1. The van der Waals surface area contributed by atoms with Crippen molar-refractivity contribution in [2.45, 2.75) is 31.7 Å². The van der Waals surface area contributed by atoms with E-state index in [4.69, 9.17) is 15.6 Å². The van der Waals surface area contributed by atoms with Gasteiger partial charge in [0, 0.05) is 20.6 Å². The van der Waals surface area contributed by atoms with Gasteiger partial charge in [-0.25, -0.2) is 15.0 Å². The number of ether oxygens (including phenoxy) is 1. The number of likely N-dealkylation sites (N-methyl/N-ethyl adjacent to an activating group) is 1. The number of aliphatic hydroxyl groups is 2. The number of aromatic nitrogens is 4. The highest BCUT2D eigenvalue weighted by Gasteiger charge is 2.61. The maximum atomic E-state index is 12.1. The Bertz CT molecular complexity index is 750. The Labute approximate surface area is 138 Å². The molecule has 132 valence electrons. The number of fused-ring (bicyclic) bond motifs is 3. The molecule has 2 aliphatic heterocycles. The lowest BCUT2D eigenvalue weighted by Crippen LogP contribution is -2.50. The summed E-state index contributed by atoms with van der Waals surface area (Å²) in [5, 5.41) is 16.6. The molecular formula is C14H22N6O4. The summed E-state index contributed by atoms with van der Waals surface area (Å²) >= 11 is 0. The molecule has 1 unspecified atom stereocenters. The lowest BCUT2D eigenvalue weighted by molar-refractivity contribution is -0.177. The van der Waals surface area contributed by atoms with Crippen LogP contribution in [0.15, 0.2) is 12.7 Å². The van der Waals surface area contributed by atoms with Gasteiger partial charge in [-0.15, -0.1) is 0 Å². The van der Waals surface area contributed by atoms with E-state index in [9.17, 15) is 9.90 Å². The SMILES string of the molecule is C.CN1C(=O)[C@@]2(CO)CC1[C@H](n1cnc3c(N)ncnc31)O2.CO. The number of likely N-dealkylation sites (tertiary alicyclic amines) is 1. The minimum Gasteiger partial charge on any atom is -0.400 e. The third kappa shape index (κ3) is 2.22. The smallest absolute Gasteiger partial charge is 0.257 e. The zero-order chi connectivity index (χ0) is 16.8. The first-order chi connectivity index (χ1) is 11.1. The number of imidazole rings is 1. The van der Waals surface area contributed by atoms with E-state index in [1.54, 1.807) is 22.8 Å². The van der Waals surface area contributed by atoms with Crippen LogP contribution in [-0.2, 0) is 9.53 Å². The van der Waals surface area contributed by atoms with Gasteiger partial charge in [0.25, 0.3) is 5.91 Å². The standard InChI is InChI=1S/C12H14N6O3.CH4O.CH4/c1-17-6-2-12(3-19,11(17)20)21-10(6)18-5-16-7-8(13)14-4-15-9(7)18;1-2;/h4-6,10,19H,2-3H2,1H3,(H2,13,14,15);2H,1H3;1H4/t6?,10-,12+;;/m1../s1. The summed E-state index contributed by atoms with van der Waals surface area (Å²) in [6.45, 7) is -0.340. The number of amides is 1. The number of nitrogen functional groups attached to an aromatic ring is 1. The van der Waals surface area contributed by atoms with Crippen molar-refractivity contribution in [2.75, 3.05) is 26.5 Å². The van der Waals surface area contributed by atoms with Crippen LogP contribution in [0, 0.1) is 0 Å². The lowest BCUT2D eigenvalue weighted by atomic mass is 10.0. The molecule has 2 aliphatic rings. The van der Waals surface area contributed by atoms with Crippen LogP contribution in [0.25, 0.3) is 11.2 Å². The fourth-order valence-electron chi connectivity index (χ4n) is 3.20. The third-order valence-electron chi connectivity index (χ3n) is 4.34. The largest absolute Gasteiger partial charge is 0.400 e. The number of anilines is 1. The maximum absolute atomic E-state index is 12.1. The number of aliphatic hydroxyl groups excluding tert-OH is 2. The zero-order valence-corrected chi connectivity index (χ0v) is 12.7. The van der Waals surface area contributed by atoms with E-state index in [0.717, 1.165) is 7.11 Å². The predicted octanol–water partition coefficient (Wildman–Crippen LogP) is -0.856. The molecule has 1 amide bonds. The number of nitrogens with zero attached hydrogens (tertiary/aromatic N) is 5. The second kappa shape index (κ2) is 6.30. The van der Waals surface area contributed by atoms with Gasteiger partial charge in [-0.1, -0.05) is 7.43 Å². The van der Waals surface area contributed by atoms with Crippen molar-refractivity contribution in [1.29, 1.82) is 0 Å². The summed E-state index contributed by atoms with van der Waals surface area (Å²) in [7, 11) is 2.71. The number of hydrogen-bond donors (Lipinski definition) is 3. The summed E-state index contributed by atoms with van der Waals surface area (Å²) in [6.07, 6.45) is 2.94. The molecule has 4 heterocycles. The van der Waals surface area contributed by atoms with Gasteiger partial charge in [-0.2, -0.15) is 0 Å². The van der Waals surface area contributed by atoms with E-state index < -0.39 is 11.8 Å². The molecule has 2 aromatic rings. The summed E-state index contributed by atoms with van der Waals surface area (Å²) in [5.41, 5.74) is 5.67. The molecule has 0 saturated carbocycles. The van der Waals surface area contributed by atoms with Crippen LogP contribution in [0.5, 0.6) is 0 Å². The van der Waals surface area contributed by atoms with E-state index in [1.165, 1.54) is 6.33 Å². The molecule has 2 bridgehead atoms. The molecular weight excluding hydrogens is 316 g/mol. The molecule has 0 aliphatic carbocycles. The topological polar surface area (TPSA) is 140 Å². The van der Waals surface area contributed by atoms with Gasteiger partial charge in [0.2, 0.25) is 0 Å². The van der Waals surface area contributed by atoms with Gasteiger partial charge in [-0.05, 0) is 0 Å². The maximum Gasteiger partial charge on any atom is 0.257 e. The average Bonchev–Trinajstić information content (AvgIpc) is 3.23. The van der Waals surface area contributed by atoms with Gasteiger partial charge < -0.3 is 25.6 Å².